The van der Waals surface area contributed by atoms with Crippen LogP contribution in [0.4, 0.5) is 20.6 Å². The van der Waals surface area contributed by atoms with Crippen LogP contribution < -0.4 is 16.0 Å². The second-order valence-electron chi connectivity index (χ2n) is 6.35. The molecule has 3 amide bonds. The first-order valence-corrected chi connectivity index (χ1v) is 8.93. The van der Waals surface area contributed by atoms with E-state index in [-0.39, 0.29) is 18.0 Å². The zero-order chi connectivity index (χ0) is 19.1. The lowest BCUT2D eigenvalue weighted by Crippen LogP contribution is -2.31. The number of rotatable bonds is 6. The molecule has 2 aromatic carbocycles. The minimum absolute atomic E-state index is 0.222. The molecule has 0 aliphatic carbocycles. The first-order valence-electron chi connectivity index (χ1n) is 8.93. The summed E-state index contributed by atoms with van der Waals surface area (Å²) in [4.78, 5) is 24.3. The summed E-state index contributed by atoms with van der Waals surface area (Å²) in [5.41, 5.74) is 1.22. The molecule has 1 atom stereocenters. The van der Waals surface area contributed by atoms with Crippen LogP contribution in [0.25, 0.3) is 0 Å². The van der Waals surface area contributed by atoms with Gasteiger partial charge < -0.3 is 20.7 Å². The van der Waals surface area contributed by atoms with E-state index < -0.39 is 5.82 Å². The number of nitrogens with one attached hydrogen (secondary N) is 3. The van der Waals surface area contributed by atoms with Crippen molar-refractivity contribution in [3.05, 3.63) is 59.9 Å². The molecule has 0 saturated carbocycles. The molecule has 1 saturated heterocycles. The van der Waals surface area contributed by atoms with Crippen molar-refractivity contribution in [3.8, 4) is 0 Å². The summed E-state index contributed by atoms with van der Waals surface area (Å²) in [5, 5.41) is 8.11. The van der Waals surface area contributed by atoms with Gasteiger partial charge in [0.15, 0.2) is 0 Å². The molecule has 1 heterocycles. The van der Waals surface area contributed by atoms with E-state index >= 15 is 0 Å². The van der Waals surface area contributed by atoms with Crippen LogP contribution in [0, 0.1) is 5.82 Å². The Morgan fingerprint density at radius 1 is 1.07 bits per heavy atom. The van der Waals surface area contributed by atoms with Crippen LogP contribution in [-0.4, -0.2) is 31.2 Å². The van der Waals surface area contributed by atoms with Crippen molar-refractivity contribution >= 4 is 23.3 Å². The Hall–Kier alpha value is -2.93. The maximum Gasteiger partial charge on any atom is 0.319 e. The molecule has 1 aliphatic rings. The summed E-state index contributed by atoms with van der Waals surface area (Å²) in [6.07, 6.45) is 3.11. The van der Waals surface area contributed by atoms with Crippen molar-refractivity contribution in [1.82, 2.24) is 5.32 Å². The Morgan fingerprint density at radius 3 is 2.59 bits per heavy atom. The van der Waals surface area contributed by atoms with E-state index in [1.807, 2.05) is 0 Å². The van der Waals surface area contributed by atoms with Gasteiger partial charge in [0.2, 0.25) is 0 Å². The zero-order valence-electron chi connectivity index (χ0n) is 14.8. The molecule has 3 rings (SSSR count). The van der Waals surface area contributed by atoms with Gasteiger partial charge in [0.1, 0.15) is 5.82 Å². The minimum Gasteiger partial charge on any atom is -0.378 e. The standard InChI is InChI=1S/C20H22FN3O3/c21-15-5-2-7-17(13-15)23-19(25)14-4-1-6-16(12-14)24-20(26)22-10-9-18-8-3-11-27-18/h1-2,4-7,12-13,18H,3,8-11H2,(H,23,25)(H2,22,24,26)/t18-/m1/s1. The lowest BCUT2D eigenvalue weighted by molar-refractivity contribution is 0.102. The topological polar surface area (TPSA) is 79.5 Å². The Bertz CT molecular complexity index is 807. The van der Waals surface area contributed by atoms with Gasteiger partial charge >= 0.3 is 6.03 Å². The van der Waals surface area contributed by atoms with E-state index in [1.54, 1.807) is 30.3 Å². The predicted molar refractivity (Wildman–Crippen MR) is 101 cm³/mol. The Balaban J connectivity index is 1.51. The van der Waals surface area contributed by atoms with Gasteiger partial charge in [0, 0.05) is 30.1 Å². The van der Waals surface area contributed by atoms with Crippen molar-refractivity contribution in [2.24, 2.45) is 0 Å². The monoisotopic (exact) mass is 371 g/mol. The second-order valence-corrected chi connectivity index (χ2v) is 6.35. The lowest BCUT2D eigenvalue weighted by atomic mass is 10.2. The lowest BCUT2D eigenvalue weighted by Gasteiger charge is -2.11. The first kappa shape index (κ1) is 18.8. The molecule has 2 aromatic rings. The smallest absolute Gasteiger partial charge is 0.319 e. The summed E-state index contributed by atoms with van der Waals surface area (Å²) >= 11 is 0. The van der Waals surface area contributed by atoms with Gasteiger partial charge in [-0.2, -0.15) is 0 Å². The average Bonchev–Trinajstić information content (AvgIpc) is 3.15. The highest BCUT2D eigenvalue weighted by atomic mass is 19.1. The SMILES string of the molecule is O=C(NCC[C@H]1CCCO1)Nc1cccc(C(=O)Nc2cccc(F)c2)c1. The average molecular weight is 371 g/mol. The molecule has 7 heteroatoms. The molecule has 1 aliphatic heterocycles. The van der Waals surface area contributed by atoms with Crippen molar-refractivity contribution in [2.45, 2.75) is 25.4 Å². The van der Waals surface area contributed by atoms with Crippen molar-refractivity contribution in [2.75, 3.05) is 23.8 Å². The van der Waals surface area contributed by atoms with Gasteiger partial charge in [-0.3, -0.25) is 4.79 Å². The molecule has 0 radical (unpaired) electrons. The van der Waals surface area contributed by atoms with Crippen LogP contribution in [0.2, 0.25) is 0 Å². The van der Waals surface area contributed by atoms with E-state index in [0.29, 0.717) is 23.5 Å². The number of benzene rings is 2. The number of anilines is 2. The molecular formula is C20H22FN3O3. The molecule has 0 bridgehead atoms. The highest BCUT2D eigenvalue weighted by Crippen LogP contribution is 2.16. The van der Waals surface area contributed by atoms with Crippen LogP contribution in [0.3, 0.4) is 0 Å². The maximum atomic E-state index is 13.2. The third-order valence-corrected chi connectivity index (χ3v) is 4.24. The van der Waals surface area contributed by atoms with E-state index in [9.17, 15) is 14.0 Å². The maximum absolute atomic E-state index is 13.2. The number of urea groups is 1. The fraction of sp³-hybridized carbons (Fsp3) is 0.300. The van der Waals surface area contributed by atoms with Crippen LogP contribution in [0.5, 0.6) is 0 Å². The Morgan fingerprint density at radius 2 is 1.85 bits per heavy atom. The molecule has 0 unspecified atom stereocenters. The first-order chi connectivity index (χ1) is 13.1. The van der Waals surface area contributed by atoms with Crippen molar-refractivity contribution in [1.29, 1.82) is 0 Å². The molecule has 6 nitrogen and oxygen atoms in total. The van der Waals surface area contributed by atoms with Gasteiger partial charge in [-0.15, -0.1) is 0 Å². The second kappa shape index (κ2) is 9.14. The number of hydrogen-bond acceptors (Lipinski definition) is 3. The van der Waals surface area contributed by atoms with Crippen LogP contribution in [0.15, 0.2) is 48.5 Å². The summed E-state index contributed by atoms with van der Waals surface area (Å²) in [5.74, 6) is -0.814. The number of carbonyl (C=O) groups is 2. The third kappa shape index (κ3) is 5.79. The molecule has 0 aromatic heterocycles. The van der Waals surface area contributed by atoms with Crippen LogP contribution in [0.1, 0.15) is 29.6 Å². The van der Waals surface area contributed by atoms with Gasteiger partial charge in [-0.05, 0) is 55.7 Å². The number of halogens is 1. The fourth-order valence-corrected chi connectivity index (χ4v) is 2.90. The molecule has 3 N–H and O–H groups in total. The van der Waals surface area contributed by atoms with Gasteiger partial charge in [0.05, 0.1) is 6.10 Å². The fourth-order valence-electron chi connectivity index (χ4n) is 2.90. The molecule has 27 heavy (non-hydrogen) atoms. The molecular weight excluding hydrogens is 349 g/mol. The predicted octanol–water partition coefficient (Wildman–Crippen LogP) is 3.77. The zero-order valence-corrected chi connectivity index (χ0v) is 14.8. The number of carbonyl (C=O) groups excluding carboxylic acids is 2. The van der Waals surface area contributed by atoms with E-state index in [2.05, 4.69) is 16.0 Å². The van der Waals surface area contributed by atoms with Crippen LogP contribution >= 0.6 is 0 Å². The van der Waals surface area contributed by atoms with Gasteiger partial charge in [-0.1, -0.05) is 12.1 Å². The summed E-state index contributed by atoms with van der Waals surface area (Å²) < 4.78 is 18.7. The summed E-state index contributed by atoms with van der Waals surface area (Å²) in [6.45, 7) is 1.32. The Labute approximate surface area is 157 Å². The van der Waals surface area contributed by atoms with Gasteiger partial charge in [-0.25, -0.2) is 9.18 Å². The number of amides is 3. The highest BCUT2D eigenvalue weighted by Gasteiger charge is 2.15. The number of hydrogen-bond donors (Lipinski definition) is 3. The number of ether oxygens (including phenoxy) is 1. The molecule has 0 spiro atoms. The normalized spacial score (nSPS) is 16.0. The van der Waals surface area contributed by atoms with E-state index in [4.69, 9.17) is 4.74 Å². The van der Waals surface area contributed by atoms with Crippen molar-refractivity contribution in [3.63, 3.8) is 0 Å². The minimum atomic E-state index is -0.428. The largest absolute Gasteiger partial charge is 0.378 e. The van der Waals surface area contributed by atoms with E-state index in [0.717, 1.165) is 25.9 Å². The molecule has 1 fully saturated rings. The quantitative estimate of drug-likeness (QED) is 0.723. The van der Waals surface area contributed by atoms with Crippen molar-refractivity contribution < 1.29 is 18.7 Å². The Kier molecular flexibility index (Phi) is 6.38. The van der Waals surface area contributed by atoms with Crippen LogP contribution in [-0.2, 0) is 4.74 Å². The highest BCUT2D eigenvalue weighted by molar-refractivity contribution is 6.05. The van der Waals surface area contributed by atoms with E-state index in [1.165, 1.54) is 18.2 Å². The third-order valence-electron chi connectivity index (χ3n) is 4.24. The summed E-state index contributed by atoms with van der Waals surface area (Å²) in [7, 11) is 0. The van der Waals surface area contributed by atoms with Gasteiger partial charge in [0.25, 0.3) is 5.91 Å². The molecule has 142 valence electrons. The summed E-state index contributed by atoms with van der Waals surface area (Å²) in [6, 6.07) is 11.9.